The zero-order valence-electron chi connectivity index (χ0n) is 15.1. The summed E-state index contributed by atoms with van der Waals surface area (Å²) in [6, 6.07) is 3.71. The van der Waals surface area contributed by atoms with Crippen LogP contribution >= 0.6 is 0 Å². The van der Waals surface area contributed by atoms with E-state index < -0.39 is 11.7 Å². The number of rotatable bonds is 0. The molecule has 1 spiro atoms. The molecule has 2 fully saturated rings. The largest absolute Gasteiger partial charge is 0.508 e. The maximum Gasteiger partial charge on any atom is 0.138 e. The van der Waals surface area contributed by atoms with Crippen LogP contribution in [0.2, 0.25) is 0 Å². The van der Waals surface area contributed by atoms with Crippen molar-refractivity contribution in [3.05, 3.63) is 23.3 Å². The van der Waals surface area contributed by atoms with E-state index in [0.717, 1.165) is 43.4 Å². The first-order valence-electron chi connectivity index (χ1n) is 9.44. The molecule has 1 aromatic rings. The van der Waals surface area contributed by atoms with Gasteiger partial charge in [0.25, 0.3) is 0 Å². The molecule has 2 saturated carbocycles. The summed E-state index contributed by atoms with van der Waals surface area (Å²) in [6.07, 6.45) is 4.50. The number of phenols is 1. The maximum absolute atomic E-state index is 10.9. The van der Waals surface area contributed by atoms with Crippen LogP contribution in [-0.2, 0) is 11.8 Å². The van der Waals surface area contributed by atoms with Gasteiger partial charge < -0.3 is 14.9 Å². The molecule has 4 aliphatic rings. The molecule has 1 aromatic carbocycles. The van der Waals surface area contributed by atoms with Gasteiger partial charge in [0.2, 0.25) is 0 Å². The number of aliphatic hydroxyl groups is 1. The summed E-state index contributed by atoms with van der Waals surface area (Å²) in [5.74, 6) is 1.92. The van der Waals surface area contributed by atoms with Crippen LogP contribution in [0.3, 0.4) is 0 Å². The first-order chi connectivity index (χ1) is 11.2. The lowest BCUT2D eigenvalue weighted by Gasteiger charge is -2.72. The van der Waals surface area contributed by atoms with Gasteiger partial charge in [-0.15, -0.1) is 0 Å². The fraction of sp³-hybridized carbons (Fsp3) is 0.714. The van der Waals surface area contributed by atoms with Crippen molar-refractivity contribution in [1.82, 2.24) is 0 Å². The van der Waals surface area contributed by atoms with Crippen LogP contribution in [0.5, 0.6) is 11.5 Å². The van der Waals surface area contributed by atoms with E-state index in [0.29, 0.717) is 11.7 Å². The molecule has 1 heterocycles. The van der Waals surface area contributed by atoms with Gasteiger partial charge in [-0.3, -0.25) is 0 Å². The Kier molecular flexibility index (Phi) is 2.48. The predicted octanol–water partition coefficient (Wildman–Crippen LogP) is 3.93. The second-order valence-electron chi connectivity index (χ2n) is 9.47. The highest BCUT2D eigenvalue weighted by molar-refractivity contribution is 5.62. The first-order valence-corrected chi connectivity index (χ1v) is 9.44. The fourth-order valence-electron chi connectivity index (χ4n) is 7.45. The van der Waals surface area contributed by atoms with Crippen LogP contribution in [-0.4, -0.2) is 21.9 Å². The number of phenolic OH excluding ortho intramolecular Hbond substituents is 1. The molecule has 6 atom stereocenters. The van der Waals surface area contributed by atoms with E-state index in [1.54, 1.807) is 6.07 Å². The Labute approximate surface area is 144 Å². The zero-order chi connectivity index (χ0) is 17.1. The normalized spacial score (nSPS) is 51.0. The summed E-state index contributed by atoms with van der Waals surface area (Å²) in [4.78, 5) is 0. The smallest absolute Gasteiger partial charge is 0.138 e. The van der Waals surface area contributed by atoms with Gasteiger partial charge in [-0.1, -0.05) is 20.8 Å². The van der Waals surface area contributed by atoms with E-state index in [9.17, 15) is 10.2 Å². The Hall–Kier alpha value is -1.22. The molecule has 3 heteroatoms. The SMILES string of the molecule is CC1CCC2(C)C3(C)Oc4ccc(O)c5c4C2(CCC3O)C1(C)C5. The fourth-order valence-corrected chi connectivity index (χ4v) is 7.45. The van der Waals surface area contributed by atoms with E-state index >= 15 is 0 Å². The van der Waals surface area contributed by atoms with Gasteiger partial charge in [0.05, 0.1) is 6.10 Å². The van der Waals surface area contributed by atoms with Gasteiger partial charge in [0.1, 0.15) is 17.1 Å². The van der Waals surface area contributed by atoms with Gasteiger partial charge in [0, 0.05) is 22.0 Å². The van der Waals surface area contributed by atoms with Crippen molar-refractivity contribution in [1.29, 1.82) is 0 Å². The van der Waals surface area contributed by atoms with E-state index in [1.807, 2.05) is 6.07 Å². The van der Waals surface area contributed by atoms with Gasteiger partial charge in [-0.25, -0.2) is 0 Å². The summed E-state index contributed by atoms with van der Waals surface area (Å²) in [5, 5.41) is 21.5. The summed E-state index contributed by atoms with van der Waals surface area (Å²) >= 11 is 0. The van der Waals surface area contributed by atoms with Gasteiger partial charge in [-0.2, -0.15) is 0 Å². The Morgan fingerprint density at radius 1 is 1.12 bits per heavy atom. The zero-order valence-corrected chi connectivity index (χ0v) is 15.1. The first kappa shape index (κ1) is 15.1. The minimum Gasteiger partial charge on any atom is -0.508 e. The summed E-state index contributed by atoms with van der Waals surface area (Å²) < 4.78 is 6.55. The summed E-state index contributed by atoms with van der Waals surface area (Å²) in [5.41, 5.74) is 1.81. The summed E-state index contributed by atoms with van der Waals surface area (Å²) in [7, 11) is 0. The molecule has 6 unspecified atom stereocenters. The van der Waals surface area contributed by atoms with Crippen molar-refractivity contribution >= 4 is 0 Å². The van der Waals surface area contributed by atoms with Crippen molar-refractivity contribution in [3.63, 3.8) is 0 Å². The van der Waals surface area contributed by atoms with Crippen LogP contribution in [0.15, 0.2) is 12.1 Å². The topological polar surface area (TPSA) is 49.7 Å². The number of aliphatic hydroxyl groups excluding tert-OH is 1. The molecule has 3 aliphatic carbocycles. The molecule has 3 nitrogen and oxygen atoms in total. The third kappa shape index (κ3) is 1.19. The highest BCUT2D eigenvalue weighted by Crippen LogP contribution is 2.78. The Morgan fingerprint density at radius 3 is 2.62 bits per heavy atom. The van der Waals surface area contributed by atoms with Crippen molar-refractivity contribution in [2.24, 2.45) is 16.7 Å². The molecule has 130 valence electrons. The van der Waals surface area contributed by atoms with E-state index in [-0.39, 0.29) is 16.2 Å². The average Bonchev–Trinajstić information content (AvgIpc) is 2.82. The lowest BCUT2D eigenvalue weighted by molar-refractivity contribution is -0.247. The molecule has 2 N–H and O–H groups in total. The number of ether oxygens (including phenoxy) is 1. The monoisotopic (exact) mass is 328 g/mol. The van der Waals surface area contributed by atoms with E-state index in [4.69, 9.17) is 4.74 Å². The van der Waals surface area contributed by atoms with Crippen molar-refractivity contribution in [2.75, 3.05) is 0 Å². The molecule has 0 radical (unpaired) electrons. The number of aromatic hydroxyl groups is 1. The van der Waals surface area contributed by atoms with Crippen LogP contribution in [0.1, 0.15) is 64.5 Å². The third-order valence-corrected chi connectivity index (χ3v) is 9.15. The Morgan fingerprint density at radius 2 is 1.88 bits per heavy atom. The standard InChI is InChI=1S/C21H28O3/c1-12-7-9-19(3)20(4)16(23)8-10-21(19)17-13(11-18(12,21)2)14(22)5-6-15(17)24-20/h5-6,12,16,22-23H,7-11H2,1-4H3. The quantitative estimate of drug-likeness (QED) is 0.758. The maximum atomic E-state index is 10.9. The van der Waals surface area contributed by atoms with E-state index in [2.05, 4.69) is 27.7 Å². The second kappa shape index (κ2) is 3.95. The molecular formula is C21H28O3. The molecule has 1 aliphatic heterocycles. The van der Waals surface area contributed by atoms with Crippen molar-refractivity contribution in [2.45, 2.75) is 76.9 Å². The molecular weight excluding hydrogens is 300 g/mol. The number of benzene rings is 1. The molecule has 0 aromatic heterocycles. The lowest BCUT2D eigenvalue weighted by atomic mass is 9.35. The third-order valence-electron chi connectivity index (χ3n) is 9.15. The minimum absolute atomic E-state index is 0.00664. The van der Waals surface area contributed by atoms with Gasteiger partial charge >= 0.3 is 0 Å². The van der Waals surface area contributed by atoms with Crippen LogP contribution in [0.4, 0.5) is 0 Å². The highest BCUT2D eigenvalue weighted by atomic mass is 16.5. The average molecular weight is 328 g/mol. The lowest BCUT2D eigenvalue weighted by Crippen LogP contribution is -2.75. The molecule has 0 saturated heterocycles. The van der Waals surface area contributed by atoms with Gasteiger partial charge in [0.15, 0.2) is 0 Å². The highest BCUT2D eigenvalue weighted by Gasteiger charge is 2.77. The molecule has 24 heavy (non-hydrogen) atoms. The minimum atomic E-state index is -0.557. The van der Waals surface area contributed by atoms with Crippen LogP contribution in [0, 0.1) is 16.7 Å². The molecule has 5 rings (SSSR count). The van der Waals surface area contributed by atoms with Crippen LogP contribution in [0.25, 0.3) is 0 Å². The van der Waals surface area contributed by atoms with Gasteiger partial charge in [-0.05, 0) is 62.5 Å². The molecule has 2 bridgehead atoms. The van der Waals surface area contributed by atoms with Crippen LogP contribution < -0.4 is 4.74 Å². The predicted molar refractivity (Wildman–Crippen MR) is 92.4 cm³/mol. The number of hydrogen-bond acceptors (Lipinski definition) is 3. The van der Waals surface area contributed by atoms with Crippen molar-refractivity contribution < 1.29 is 14.9 Å². The van der Waals surface area contributed by atoms with Crippen molar-refractivity contribution in [3.8, 4) is 11.5 Å². The Balaban J connectivity index is 1.93. The Bertz CT molecular complexity index is 758. The second-order valence-corrected chi connectivity index (χ2v) is 9.47. The molecule has 0 amide bonds. The van der Waals surface area contributed by atoms with E-state index in [1.165, 1.54) is 5.56 Å². The summed E-state index contributed by atoms with van der Waals surface area (Å²) in [6.45, 7) is 9.29. The number of hydrogen-bond donors (Lipinski definition) is 2.